The molecule has 8 nitrogen and oxygen atoms in total. The van der Waals surface area contributed by atoms with E-state index in [0.29, 0.717) is 37.7 Å². The van der Waals surface area contributed by atoms with Crippen molar-refractivity contribution >= 4 is 11.9 Å². The van der Waals surface area contributed by atoms with Crippen molar-refractivity contribution in [3.63, 3.8) is 0 Å². The summed E-state index contributed by atoms with van der Waals surface area (Å²) in [6, 6.07) is 7.40. The lowest BCUT2D eigenvalue weighted by atomic mass is 10.2. The van der Waals surface area contributed by atoms with Gasteiger partial charge in [-0.2, -0.15) is 0 Å². The molecule has 4 rings (SSSR count). The monoisotopic (exact) mass is 354 g/mol. The van der Waals surface area contributed by atoms with Crippen LogP contribution >= 0.6 is 0 Å². The summed E-state index contributed by atoms with van der Waals surface area (Å²) in [6.45, 7) is 2.25. The average molecular weight is 354 g/mol. The van der Waals surface area contributed by atoms with Crippen molar-refractivity contribution in [1.82, 2.24) is 25.1 Å². The first-order chi connectivity index (χ1) is 12.7. The second-order valence-electron chi connectivity index (χ2n) is 5.75. The fraction of sp³-hybridized carbons (Fsp3) is 0.235. The summed E-state index contributed by atoms with van der Waals surface area (Å²) in [4.78, 5) is 24.7. The Morgan fingerprint density at radius 2 is 1.69 bits per heavy atom. The third kappa shape index (κ3) is 3.23. The zero-order valence-corrected chi connectivity index (χ0v) is 13.7. The average Bonchev–Trinajstić information content (AvgIpc) is 3.19. The number of anilines is 1. The van der Waals surface area contributed by atoms with E-state index in [1.807, 2.05) is 4.90 Å². The molecule has 3 aromatic rings. The number of amides is 1. The van der Waals surface area contributed by atoms with Crippen LogP contribution in [0.1, 0.15) is 10.7 Å². The van der Waals surface area contributed by atoms with Crippen LogP contribution in [-0.4, -0.2) is 57.2 Å². The van der Waals surface area contributed by atoms with E-state index in [9.17, 15) is 9.18 Å². The van der Waals surface area contributed by atoms with Crippen molar-refractivity contribution in [2.45, 2.75) is 0 Å². The number of halogens is 1. The van der Waals surface area contributed by atoms with Crippen LogP contribution in [0.5, 0.6) is 0 Å². The van der Waals surface area contributed by atoms with E-state index in [4.69, 9.17) is 4.42 Å². The molecule has 0 aliphatic carbocycles. The Bertz CT molecular complexity index is 891. The number of carbonyl (C=O) groups is 1. The van der Waals surface area contributed by atoms with Crippen molar-refractivity contribution in [2.75, 3.05) is 31.1 Å². The summed E-state index contributed by atoms with van der Waals surface area (Å²) in [6.07, 6.45) is 3.38. The van der Waals surface area contributed by atoms with Crippen LogP contribution in [0, 0.1) is 5.82 Å². The fourth-order valence-electron chi connectivity index (χ4n) is 2.72. The number of piperazine rings is 1. The summed E-state index contributed by atoms with van der Waals surface area (Å²) in [7, 11) is 0. The van der Waals surface area contributed by atoms with Gasteiger partial charge in [0.05, 0.1) is 0 Å². The van der Waals surface area contributed by atoms with Gasteiger partial charge in [-0.15, -0.1) is 10.2 Å². The van der Waals surface area contributed by atoms with Crippen LogP contribution in [0.3, 0.4) is 0 Å². The standard InChI is InChI=1S/C17H15FN6O2/c18-13-4-2-12(3-5-13)14-21-22-15(26-14)16(25)23-8-10-24(11-9-23)17-19-6-1-7-20-17/h1-7H,8-11H2. The second kappa shape index (κ2) is 6.87. The Labute approximate surface area is 148 Å². The largest absolute Gasteiger partial charge is 0.412 e. The van der Waals surface area contributed by atoms with Crippen LogP contribution in [0.25, 0.3) is 11.5 Å². The molecular formula is C17H15FN6O2. The molecule has 1 fully saturated rings. The number of aromatic nitrogens is 4. The number of nitrogens with zero attached hydrogens (tertiary/aromatic N) is 6. The van der Waals surface area contributed by atoms with E-state index in [1.165, 1.54) is 24.3 Å². The number of benzene rings is 1. The van der Waals surface area contributed by atoms with Crippen molar-refractivity contribution in [2.24, 2.45) is 0 Å². The minimum Gasteiger partial charge on any atom is -0.412 e. The molecule has 1 saturated heterocycles. The first-order valence-corrected chi connectivity index (χ1v) is 8.11. The van der Waals surface area contributed by atoms with Gasteiger partial charge in [-0.1, -0.05) is 0 Å². The molecule has 26 heavy (non-hydrogen) atoms. The smallest absolute Gasteiger partial charge is 0.311 e. The molecule has 9 heteroatoms. The predicted molar refractivity (Wildman–Crippen MR) is 89.8 cm³/mol. The maximum atomic E-state index is 13.0. The minimum absolute atomic E-state index is 0.0752. The first-order valence-electron chi connectivity index (χ1n) is 8.11. The molecule has 0 N–H and O–H groups in total. The van der Waals surface area contributed by atoms with Crippen molar-refractivity contribution in [3.8, 4) is 11.5 Å². The van der Waals surface area contributed by atoms with Gasteiger partial charge in [0.1, 0.15) is 5.82 Å². The highest BCUT2D eigenvalue weighted by atomic mass is 19.1. The van der Waals surface area contributed by atoms with Crippen LogP contribution in [0.4, 0.5) is 10.3 Å². The zero-order valence-electron chi connectivity index (χ0n) is 13.7. The van der Waals surface area contributed by atoms with Crippen LogP contribution in [-0.2, 0) is 0 Å². The van der Waals surface area contributed by atoms with E-state index in [2.05, 4.69) is 20.2 Å². The Morgan fingerprint density at radius 1 is 1.00 bits per heavy atom. The topological polar surface area (TPSA) is 88.3 Å². The van der Waals surface area contributed by atoms with Gasteiger partial charge in [-0.25, -0.2) is 14.4 Å². The van der Waals surface area contributed by atoms with Gasteiger partial charge in [0.15, 0.2) is 0 Å². The van der Waals surface area contributed by atoms with Crippen LogP contribution in [0.2, 0.25) is 0 Å². The van der Waals surface area contributed by atoms with E-state index in [0.717, 1.165) is 0 Å². The first kappa shape index (κ1) is 16.1. The summed E-state index contributed by atoms with van der Waals surface area (Å²) < 4.78 is 18.5. The molecule has 0 bridgehead atoms. The molecule has 1 aromatic carbocycles. The number of hydrogen-bond donors (Lipinski definition) is 0. The van der Waals surface area contributed by atoms with Gasteiger partial charge in [-0.05, 0) is 30.3 Å². The summed E-state index contributed by atoms with van der Waals surface area (Å²) in [5, 5.41) is 7.70. The quantitative estimate of drug-likeness (QED) is 0.706. The van der Waals surface area contributed by atoms with Gasteiger partial charge in [0, 0.05) is 44.1 Å². The highest BCUT2D eigenvalue weighted by Gasteiger charge is 2.27. The van der Waals surface area contributed by atoms with Crippen molar-refractivity contribution in [3.05, 3.63) is 54.4 Å². The Kier molecular flexibility index (Phi) is 4.26. The van der Waals surface area contributed by atoms with Gasteiger partial charge in [-0.3, -0.25) is 4.79 Å². The van der Waals surface area contributed by atoms with Crippen LogP contribution < -0.4 is 4.90 Å². The number of rotatable bonds is 3. The Hall–Kier alpha value is -3.36. The lowest BCUT2D eigenvalue weighted by Crippen LogP contribution is -2.49. The molecule has 0 radical (unpaired) electrons. The predicted octanol–water partition coefficient (Wildman–Crippen LogP) is 1.63. The maximum Gasteiger partial charge on any atom is 0.311 e. The zero-order chi connectivity index (χ0) is 17.9. The van der Waals surface area contributed by atoms with Crippen LogP contribution in [0.15, 0.2) is 47.1 Å². The molecule has 3 heterocycles. The van der Waals surface area contributed by atoms with Gasteiger partial charge in [0.25, 0.3) is 0 Å². The molecule has 1 amide bonds. The summed E-state index contributed by atoms with van der Waals surface area (Å²) in [5.74, 6) is 0.0821. The Balaban J connectivity index is 1.42. The van der Waals surface area contributed by atoms with E-state index >= 15 is 0 Å². The molecule has 1 aliphatic rings. The normalized spacial score (nSPS) is 14.5. The molecule has 0 saturated carbocycles. The molecule has 132 valence electrons. The lowest BCUT2D eigenvalue weighted by Gasteiger charge is -2.33. The lowest BCUT2D eigenvalue weighted by molar-refractivity contribution is 0.0706. The Morgan fingerprint density at radius 3 is 2.38 bits per heavy atom. The van der Waals surface area contributed by atoms with E-state index in [-0.39, 0.29) is 23.5 Å². The van der Waals surface area contributed by atoms with Gasteiger partial charge < -0.3 is 14.2 Å². The fourth-order valence-corrected chi connectivity index (χ4v) is 2.72. The molecule has 0 spiro atoms. The molecule has 0 atom stereocenters. The summed E-state index contributed by atoms with van der Waals surface area (Å²) in [5.41, 5.74) is 0.559. The molecule has 1 aliphatic heterocycles. The third-order valence-corrected chi connectivity index (χ3v) is 4.10. The molecule has 0 unspecified atom stereocenters. The highest BCUT2D eigenvalue weighted by Crippen LogP contribution is 2.19. The second-order valence-corrected chi connectivity index (χ2v) is 5.75. The van der Waals surface area contributed by atoms with Gasteiger partial charge >= 0.3 is 11.8 Å². The third-order valence-electron chi connectivity index (χ3n) is 4.10. The van der Waals surface area contributed by atoms with Crippen molar-refractivity contribution in [1.29, 1.82) is 0 Å². The molecule has 2 aromatic heterocycles. The van der Waals surface area contributed by atoms with Gasteiger partial charge in [0.2, 0.25) is 11.8 Å². The molecular weight excluding hydrogens is 339 g/mol. The summed E-state index contributed by atoms with van der Waals surface area (Å²) >= 11 is 0. The minimum atomic E-state index is -0.357. The van der Waals surface area contributed by atoms with E-state index in [1.54, 1.807) is 23.4 Å². The van der Waals surface area contributed by atoms with Crippen molar-refractivity contribution < 1.29 is 13.6 Å². The number of hydrogen-bond acceptors (Lipinski definition) is 7. The maximum absolute atomic E-state index is 13.0. The van der Waals surface area contributed by atoms with E-state index < -0.39 is 0 Å². The number of carbonyl (C=O) groups excluding carboxylic acids is 1. The SMILES string of the molecule is O=C(c1nnc(-c2ccc(F)cc2)o1)N1CCN(c2ncccn2)CC1. The highest BCUT2D eigenvalue weighted by molar-refractivity contribution is 5.90.